The van der Waals surface area contributed by atoms with Crippen molar-refractivity contribution in [3.05, 3.63) is 29.7 Å². The average Bonchev–Trinajstić information content (AvgIpc) is 3.15. The molecule has 0 radical (unpaired) electrons. The van der Waals surface area contributed by atoms with Gasteiger partial charge in [-0.15, -0.1) is 10.2 Å². The Morgan fingerprint density at radius 2 is 2.20 bits per heavy atom. The van der Waals surface area contributed by atoms with Gasteiger partial charge in [-0.25, -0.2) is 0 Å². The van der Waals surface area contributed by atoms with Gasteiger partial charge in [0.1, 0.15) is 5.75 Å². The summed E-state index contributed by atoms with van der Waals surface area (Å²) in [5, 5.41) is 11.7. The molecule has 0 bridgehead atoms. The van der Waals surface area contributed by atoms with Gasteiger partial charge in [-0.3, -0.25) is 0 Å². The molecule has 0 amide bonds. The summed E-state index contributed by atoms with van der Waals surface area (Å²) < 4.78 is 11.1. The zero-order valence-electron chi connectivity index (χ0n) is 11.8. The van der Waals surface area contributed by atoms with Gasteiger partial charge in [0.05, 0.1) is 12.7 Å². The number of ether oxygens (including phenoxy) is 1. The number of aryl methyl sites for hydroxylation is 1. The molecular formula is C15H19N3O2. The van der Waals surface area contributed by atoms with E-state index in [1.54, 1.807) is 7.11 Å². The first-order valence-corrected chi connectivity index (χ1v) is 6.97. The average molecular weight is 273 g/mol. The summed E-state index contributed by atoms with van der Waals surface area (Å²) in [4.78, 5) is 0. The zero-order valence-corrected chi connectivity index (χ0v) is 11.8. The van der Waals surface area contributed by atoms with Crippen LogP contribution in [0.1, 0.15) is 24.3 Å². The van der Waals surface area contributed by atoms with Crippen molar-refractivity contribution in [1.29, 1.82) is 0 Å². The molecule has 0 saturated heterocycles. The second-order valence-corrected chi connectivity index (χ2v) is 5.18. The second-order valence-electron chi connectivity index (χ2n) is 5.18. The van der Waals surface area contributed by atoms with Gasteiger partial charge in [-0.1, -0.05) is 11.6 Å². The van der Waals surface area contributed by atoms with Gasteiger partial charge in [0.25, 0.3) is 5.89 Å². The molecule has 106 valence electrons. The standard InChI is InChI=1S/C15H19N3O2/c1-10-3-6-13(19-2)12(9-10)15-18-17-14(20-15)7-8-16-11-4-5-11/h3,6,9,11,16H,4-5,7-8H2,1-2H3. The smallest absolute Gasteiger partial charge is 0.251 e. The lowest BCUT2D eigenvalue weighted by Crippen LogP contribution is -2.19. The van der Waals surface area contributed by atoms with Crippen molar-refractivity contribution < 1.29 is 9.15 Å². The summed E-state index contributed by atoms with van der Waals surface area (Å²) in [6.45, 7) is 2.91. The largest absolute Gasteiger partial charge is 0.496 e. The summed E-state index contributed by atoms with van der Waals surface area (Å²) in [6, 6.07) is 6.62. The number of benzene rings is 1. The molecule has 1 fully saturated rings. The van der Waals surface area contributed by atoms with Crippen LogP contribution in [0.4, 0.5) is 0 Å². The highest BCUT2D eigenvalue weighted by molar-refractivity contribution is 5.63. The maximum absolute atomic E-state index is 5.73. The van der Waals surface area contributed by atoms with Gasteiger partial charge < -0.3 is 14.5 Å². The number of nitrogens with one attached hydrogen (secondary N) is 1. The normalized spacial score (nSPS) is 14.5. The lowest BCUT2D eigenvalue weighted by atomic mass is 10.1. The van der Waals surface area contributed by atoms with Crippen molar-refractivity contribution in [3.63, 3.8) is 0 Å². The van der Waals surface area contributed by atoms with E-state index in [9.17, 15) is 0 Å². The maximum Gasteiger partial charge on any atom is 0.251 e. The van der Waals surface area contributed by atoms with E-state index in [0.29, 0.717) is 17.8 Å². The van der Waals surface area contributed by atoms with Crippen LogP contribution in [0, 0.1) is 6.92 Å². The SMILES string of the molecule is COc1ccc(C)cc1-c1nnc(CCNC2CC2)o1. The van der Waals surface area contributed by atoms with Crippen LogP contribution in [0.2, 0.25) is 0 Å². The van der Waals surface area contributed by atoms with E-state index in [2.05, 4.69) is 15.5 Å². The second kappa shape index (κ2) is 5.63. The summed E-state index contributed by atoms with van der Waals surface area (Å²) in [5.74, 6) is 1.94. The van der Waals surface area contributed by atoms with Crippen LogP contribution in [-0.4, -0.2) is 29.9 Å². The predicted octanol–water partition coefficient (Wildman–Crippen LogP) is 2.35. The molecule has 2 aromatic rings. The predicted molar refractivity (Wildman–Crippen MR) is 75.8 cm³/mol. The Morgan fingerprint density at radius 1 is 1.35 bits per heavy atom. The first kappa shape index (κ1) is 13.1. The molecule has 5 nitrogen and oxygen atoms in total. The monoisotopic (exact) mass is 273 g/mol. The van der Waals surface area contributed by atoms with Crippen LogP contribution in [0.3, 0.4) is 0 Å². The van der Waals surface area contributed by atoms with E-state index in [1.165, 1.54) is 12.8 Å². The van der Waals surface area contributed by atoms with Crippen molar-refractivity contribution in [2.45, 2.75) is 32.2 Å². The topological polar surface area (TPSA) is 60.2 Å². The number of nitrogens with zero attached hydrogens (tertiary/aromatic N) is 2. The highest BCUT2D eigenvalue weighted by Gasteiger charge is 2.20. The summed E-state index contributed by atoms with van der Waals surface area (Å²) in [6.07, 6.45) is 3.34. The van der Waals surface area contributed by atoms with E-state index in [4.69, 9.17) is 9.15 Å². The number of methoxy groups -OCH3 is 1. The van der Waals surface area contributed by atoms with Gasteiger partial charge in [-0.2, -0.15) is 0 Å². The molecule has 0 spiro atoms. The molecule has 1 aromatic heterocycles. The van der Waals surface area contributed by atoms with Gasteiger partial charge in [0.15, 0.2) is 0 Å². The molecule has 1 saturated carbocycles. The Labute approximate surface area is 118 Å². The summed E-state index contributed by atoms with van der Waals surface area (Å²) >= 11 is 0. The van der Waals surface area contributed by atoms with Crippen molar-refractivity contribution in [2.24, 2.45) is 0 Å². The fourth-order valence-electron chi connectivity index (χ4n) is 2.12. The van der Waals surface area contributed by atoms with E-state index in [0.717, 1.165) is 29.8 Å². The third kappa shape index (κ3) is 2.99. The van der Waals surface area contributed by atoms with E-state index < -0.39 is 0 Å². The van der Waals surface area contributed by atoms with Crippen molar-refractivity contribution in [1.82, 2.24) is 15.5 Å². The summed E-state index contributed by atoms with van der Waals surface area (Å²) in [5.41, 5.74) is 1.98. The minimum absolute atomic E-state index is 0.520. The van der Waals surface area contributed by atoms with Gasteiger partial charge in [-0.05, 0) is 31.9 Å². The van der Waals surface area contributed by atoms with Crippen LogP contribution in [0.25, 0.3) is 11.5 Å². The number of hydrogen-bond acceptors (Lipinski definition) is 5. The first-order chi connectivity index (χ1) is 9.76. The van der Waals surface area contributed by atoms with E-state index in [-0.39, 0.29) is 0 Å². The Hall–Kier alpha value is -1.88. The molecule has 5 heteroatoms. The summed E-state index contributed by atoms with van der Waals surface area (Å²) in [7, 11) is 1.64. The first-order valence-electron chi connectivity index (χ1n) is 6.97. The van der Waals surface area contributed by atoms with Crippen molar-refractivity contribution in [3.8, 4) is 17.2 Å². The lowest BCUT2D eigenvalue weighted by Gasteiger charge is -2.05. The molecule has 1 N–H and O–H groups in total. The van der Waals surface area contributed by atoms with Crippen LogP contribution in [-0.2, 0) is 6.42 Å². The fraction of sp³-hybridized carbons (Fsp3) is 0.467. The molecule has 1 aliphatic carbocycles. The van der Waals surface area contributed by atoms with E-state index >= 15 is 0 Å². The van der Waals surface area contributed by atoms with Gasteiger partial charge in [0.2, 0.25) is 5.89 Å². The van der Waals surface area contributed by atoms with Gasteiger partial charge in [0, 0.05) is 19.0 Å². The van der Waals surface area contributed by atoms with Crippen LogP contribution >= 0.6 is 0 Å². The number of hydrogen-bond donors (Lipinski definition) is 1. The maximum atomic E-state index is 5.73. The number of rotatable bonds is 6. The fourth-order valence-corrected chi connectivity index (χ4v) is 2.12. The minimum atomic E-state index is 0.520. The molecule has 1 heterocycles. The quantitative estimate of drug-likeness (QED) is 0.875. The molecule has 0 aliphatic heterocycles. The Kier molecular flexibility index (Phi) is 3.69. The highest BCUT2D eigenvalue weighted by Crippen LogP contribution is 2.29. The van der Waals surface area contributed by atoms with Crippen molar-refractivity contribution in [2.75, 3.05) is 13.7 Å². The van der Waals surface area contributed by atoms with Crippen LogP contribution < -0.4 is 10.1 Å². The third-order valence-corrected chi connectivity index (χ3v) is 3.40. The number of aromatic nitrogens is 2. The molecule has 0 atom stereocenters. The molecule has 1 aliphatic rings. The zero-order chi connectivity index (χ0) is 13.9. The highest BCUT2D eigenvalue weighted by atomic mass is 16.5. The Morgan fingerprint density at radius 3 is 2.95 bits per heavy atom. The van der Waals surface area contributed by atoms with Crippen LogP contribution in [0.15, 0.2) is 22.6 Å². The van der Waals surface area contributed by atoms with Gasteiger partial charge >= 0.3 is 0 Å². The van der Waals surface area contributed by atoms with E-state index in [1.807, 2.05) is 25.1 Å². The Bertz CT molecular complexity index is 591. The van der Waals surface area contributed by atoms with Crippen molar-refractivity contribution >= 4 is 0 Å². The molecular weight excluding hydrogens is 254 g/mol. The Balaban J connectivity index is 1.73. The minimum Gasteiger partial charge on any atom is -0.496 e. The molecule has 3 rings (SSSR count). The lowest BCUT2D eigenvalue weighted by molar-refractivity contribution is 0.413. The molecule has 20 heavy (non-hydrogen) atoms. The molecule has 0 unspecified atom stereocenters. The molecule has 1 aromatic carbocycles. The van der Waals surface area contributed by atoms with Crippen LogP contribution in [0.5, 0.6) is 5.75 Å². The third-order valence-electron chi connectivity index (χ3n) is 3.40.